The summed E-state index contributed by atoms with van der Waals surface area (Å²) >= 11 is 0. The SMILES string of the molecule is CC(C)C[C@H](NC(=O)OCc1ccccc1)C(=O)N[C@H](/C=C/S(=O)(=O)c1ccccc1)CCc1ccccc1. The fourth-order valence-electron chi connectivity index (χ4n) is 3.96. The molecule has 0 unspecified atom stereocenters. The largest absolute Gasteiger partial charge is 0.445 e. The molecule has 3 aromatic rings. The number of hydrogen-bond acceptors (Lipinski definition) is 5. The molecule has 0 aliphatic rings. The summed E-state index contributed by atoms with van der Waals surface area (Å²) in [4.78, 5) is 26.0. The highest BCUT2D eigenvalue weighted by atomic mass is 32.2. The minimum atomic E-state index is -3.69. The van der Waals surface area contributed by atoms with E-state index in [2.05, 4.69) is 10.6 Å². The maximum atomic E-state index is 13.3. The Morgan fingerprint density at radius 1 is 0.821 bits per heavy atom. The number of aryl methyl sites for hydroxylation is 1. The summed E-state index contributed by atoms with van der Waals surface area (Å²) in [5.41, 5.74) is 1.90. The second-order valence-corrected chi connectivity index (χ2v) is 11.5. The number of sulfone groups is 1. The molecule has 0 saturated heterocycles. The van der Waals surface area contributed by atoms with Crippen molar-refractivity contribution in [3.05, 3.63) is 114 Å². The van der Waals surface area contributed by atoms with Crippen LogP contribution in [0.1, 0.15) is 37.8 Å². The molecule has 2 atom stereocenters. The molecular weight excluding hydrogens is 512 g/mol. The Bertz CT molecular complexity index is 1310. The van der Waals surface area contributed by atoms with E-state index in [0.717, 1.165) is 16.5 Å². The molecular formula is C31H36N2O5S. The Morgan fingerprint density at radius 2 is 1.38 bits per heavy atom. The van der Waals surface area contributed by atoms with Crippen LogP contribution in [0.4, 0.5) is 4.79 Å². The smallest absolute Gasteiger partial charge is 0.408 e. The van der Waals surface area contributed by atoms with Crippen LogP contribution >= 0.6 is 0 Å². The van der Waals surface area contributed by atoms with Crippen LogP contribution in [0.5, 0.6) is 0 Å². The second kappa shape index (κ2) is 14.9. The van der Waals surface area contributed by atoms with Crippen molar-refractivity contribution in [1.29, 1.82) is 0 Å². The number of amides is 2. The fourth-order valence-corrected chi connectivity index (χ4v) is 5.05. The molecule has 7 nitrogen and oxygen atoms in total. The van der Waals surface area contributed by atoms with Gasteiger partial charge < -0.3 is 15.4 Å². The van der Waals surface area contributed by atoms with Gasteiger partial charge in [-0.2, -0.15) is 0 Å². The maximum Gasteiger partial charge on any atom is 0.408 e. The molecule has 0 spiro atoms. The predicted octanol–water partition coefficient (Wildman–Crippen LogP) is 5.43. The zero-order valence-electron chi connectivity index (χ0n) is 22.3. The monoisotopic (exact) mass is 548 g/mol. The molecule has 0 saturated carbocycles. The molecule has 0 aliphatic heterocycles. The lowest BCUT2D eigenvalue weighted by atomic mass is 10.0. The van der Waals surface area contributed by atoms with Gasteiger partial charge in [-0.15, -0.1) is 0 Å². The lowest BCUT2D eigenvalue weighted by Crippen LogP contribution is -2.50. The van der Waals surface area contributed by atoms with Crippen LogP contribution in [0.2, 0.25) is 0 Å². The highest BCUT2D eigenvalue weighted by Crippen LogP contribution is 2.14. The molecule has 3 aromatic carbocycles. The first-order valence-corrected chi connectivity index (χ1v) is 14.6. The normalized spacial score (nSPS) is 13.1. The molecule has 39 heavy (non-hydrogen) atoms. The first kappa shape index (κ1) is 29.6. The van der Waals surface area contributed by atoms with Gasteiger partial charge >= 0.3 is 6.09 Å². The molecule has 206 valence electrons. The molecule has 3 rings (SSSR count). The minimum Gasteiger partial charge on any atom is -0.445 e. The van der Waals surface area contributed by atoms with Crippen LogP contribution in [0.15, 0.2) is 107 Å². The zero-order valence-corrected chi connectivity index (χ0v) is 23.1. The minimum absolute atomic E-state index is 0.0858. The molecule has 0 fully saturated rings. The van der Waals surface area contributed by atoms with Crippen molar-refractivity contribution < 1.29 is 22.7 Å². The third-order valence-electron chi connectivity index (χ3n) is 6.00. The predicted molar refractivity (Wildman–Crippen MR) is 152 cm³/mol. The van der Waals surface area contributed by atoms with Crippen molar-refractivity contribution in [2.24, 2.45) is 5.92 Å². The lowest BCUT2D eigenvalue weighted by Gasteiger charge is -2.23. The Hall–Kier alpha value is -3.91. The van der Waals surface area contributed by atoms with Gasteiger partial charge in [-0.25, -0.2) is 13.2 Å². The van der Waals surface area contributed by atoms with Gasteiger partial charge in [-0.05, 0) is 48.4 Å². The van der Waals surface area contributed by atoms with E-state index >= 15 is 0 Å². The standard InChI is InChI=1S/C31H36N2O5S/c1-24(2)22-29(33-31(35)38-23-26-14-8-4-9-15-26)30(34)32-27(19-18-25-12-6-3-7-13-25)20-21-39(36,37)28-16-10-5-11-17-28/h3-17,20-21,24,27,29H,18-19,22-23H2,1-2H3,(H,32,34)(H,33,35)/b21-20+/t27-,29-/m0/s1. The van der Waals surface area contributed by atoms with E-state index < -0.39 is 33.9 Å². The van der Waals surface area contributed by atoms with Crippen LogP contribution in [0.3, 0.4) is 0 Å². The Labute approximate surface area is 231 Å². The zero-order chi connectivity index (χ0) is 28.1. The van der Waals surface area contributed by atoms with Gasteiger partial charge in [0.25, 0.3) is 0 Å². The Kier molecular flexibility index (Phi) is 11.3. The first-order chi connectivity index (χ1) is 18.7. The molecule has 0 bridgehead atoms. The van der Waals surface area contributed by atoms with Crippen LogP contribution < -0.4 is 10.6 Å². The summed E-state index contributed by atoms with van der Waals surface area (Å²) in [6, 6.07) is 25.7. The lowest BCUT2D eigenvalue weighted by molar-refractivity contribution is -0.123. The number of carbonyl (C=O) groups is 2. The van der Waals surface area contributed by atoms with Gasteiger partial charge in [0.1, 0.15) is 12.6 Å². The summed E-state index contributed by atoms with van der Waals surface area (Å²) in [7, 11) is -3.69. The van der Waals surface area contributed by atoms with Crippen LogP contribution in [-0.4, -0.2) is 32.5 Å². The number of nitrogens with one attached hydrogen (secondary N) is 2. The van der Waals surface area contributed by atoms with E-state index in [1.165, 1.54) is 18.2 Å². The van der Waals surface area contributed by atoms with E-state index in [4.69, 9.17) is 4.74 Å². The maximum absolute atomic E-state index is 13.3. The van der Waals surface area contributed by atoms with Crippen molar-refractivity contribution >= 4 is 21.8 Å². The molecule has 0 aromatic heterocycles. The number of benzene rings is 3. The number of rotatable bonds is 13. The van der Waals surface area contributed by atoms with Gasteiger partial charge in [0.05, 0.1) is 4.90 Å². The average molecular weight is 549 g/mol. The number of carbonyl (C=O) groups excluding carboxylic acids is 2. The molecule has 0 heterocycles. The third-order valence-corrected chi connectivity index (χ3v) is 7.45. The number of alkyl carbamates (subject to hydrolysis) is 1. The second-order valence-electron chi connectivity index (χ2n) is 9.71. The molecule has 0 radical (unpaired) electrons. The van der Waals surface area contributed by atoms with E-state index in [9.17, 15) is 18.0 Å². The van der Waals surface area contributed by atoms with E-state index in [0.29, 0.717) is 19.3 Å². The third kappa shape index (κ3) is 10.4. The van der Waals surface area contributed by atoms with Gasteiger partial charge in [0.2, 0.25) is 5.91 Å². The number of ether oxygens (including phenoxy) is 1. The van der Waals surface area contributed by atoms with Crippen LogP contribution in [0, 0.1) is 5.92 Å². The summed E-state index contributed by atoms with van der Waals surface area (Å²) in [6.45, 7) is 4.00. The van der Waals surface area contributed by atoms with Crippen molar-refractivity contribution in [3.8, 4) is 0 Å². The summed E-state index contributed by atoms with van der Waals surface area (Å²) in [6.07, 6.45) is 2.31. The van der Waals surface area contributed by atoms with Gasteiger partial charge in [-0.1, -0.05) is 98.8 Å². The summed E-state index contributed by atoms with van der Waals surface area (Å²) < 4.78 is 31.0. The number of hydrogen-bond donors (Lipinski definition) is 2. The quantitative estimate of drug-likeness (QED) is 0.297. The van der Waals surface area contributed by atoms with Gasteiger partial charge in [0, 0.05) is 11.4 Å². The van der Waals surface area contributed by atoms with Crippen molar-refractivity contribution in [1.82, 2.24) is 10.6 Å². The fraction of sp³-hybridized carbons (Fsp3) is 0.290. The first-order valence-electron chi connectivity index (χ1n) is 13.0. The average Bonchev–Trinajstić information content (AvgIpc) is 2.94. The van der Waals surface area contributed by atoms with E-state index in [1.54, 1.807) is 18.2 Å². The Morgan fingerprint density at radius 3 is 1.97 bits per heavy atom. The van der Waals surface area contributed by atoms with E-state index in [-0.39, 0.29) is 17.4 Å². The highest BCUT2D eigenvalue weighted by molar-refractivity contribution is 7.94. The molecule has 2 amide bonds. The van der Waals surface area contributed by atoms with Crippen molar-refractivity contribution in [2.75, 3.05) is 0 Å². The van der Waals surface area contributed by atoms with Crippen LogP contribution in [-0.2, 0) is 32.4 Å². The van der Waals surface area contributed by atoms with Crippen LogP contribution in [0.25, 0.3) is 0 Å². The molecule has 0 aliphatic carbocycles. The van der Waals surface area contributed by atoms with Crippen molar-refractivity contribution in [2.45, 2.75) is 56.7 Å². The van der Waals surface area contributed by atoms with E-state index in [1.807, 2.05) is 74.5 Å². The summed E-state index contributed by atoms with van der Waals surface area (Å²) in [5, 5.41) is 6.75. The summed E-state index contributed by atoms with van der Waals surface area (Å²) in [5.74, 6) is -0.285. The van der Waals surface area contributed by atoms with Crippen molar-refractivity contribution in [3.63, 3.8) is 0 Å². The topological polar surface area (TPSA) is 102 Å². The molecule has 2 N–H and O–H groups in total. The highest BCUT2D eigenvalue weighted by Gasteiger charge is 2.25. The van der Waals surface area contributed by atoms with Gasteiger partial charge in [-0.3, -0.25) is 4.79 Å². The van der Waals surface area contributed by atoms with Gasteiger partial charge in [0.15, 0.2) is 9.84 Å². The Balaban J connectivity index is 1.72. The molecule has 8 heteroatoms.